The normalized spacial score (nSPS) is 13.5. The number of fused-ring (bicyclic) bond motifs is 1. The molecule has 3 aromatic rings. The van der Waals surface area contributed by atoms with Crippen molar-refractivity contribution in [3.8, 4) is 5.75 Å². The van der Waals surface area contributed by atoms with Crippen molar-refractivity contribution in [3.05, 3.63) is 60.7 Å². The predicted octanol–water partition coefficient (Wildman–Crippen LogP) is 4.04. The third-order valence-electron chi connectivity index (χ3n) is 4.92. The highest BCUT2D eigenvalue weighted by Crippen LogP contribution is 2.31. The Morgan fingerprint density at radius 2 is 2.06 bits per heavy atom. The molecule has 2 amide bonds. The minimum Gasteiger partial charge on any atom is -0.495 e. The fourth-order valence-corrected chi connectivity index (χ4v) is 5.36. The standard InChI is InChI=1S/C21H21ClN4O3S2/c1-26-9-8-13-16(11-26)31-21(24-13)20(28)25-18-12(4-3-5-14(18)29-2)10-23-19(27)15-6-7-17(22)30-15/h3-7H,8-11H2,1-2H3,(H,23,27)(H,25,28). The maximum Gasteiger partial charge on any atom is 0.284 e. The van der Waals surface area contributed by atoms with Gasteiger partial charge < -0.3 is 20.3 Å². The first kappa shape index (κ1) is 21.8. The molecule has 0 bridgehead atoms. The van der Waals surface area contributed by atoms with Crippen molar-refractivity contribution >= 4 is 51.8 Å². The zero-order valence-corrected chi connectivity index (χ0v) is 19.4. The number of benzene rings is 1. The predicted molar refractivity (Wildman–Crippen MR) is 124 cm³/mol. The number of carbonyl (C=O) groups excluding carboxylic acids is 2. The van der Waals surface area contributed by atoms with Crippen LogP contribution in [-0.2, 0) is 19.5 Å². The summed E-state index contributed by atoms with van der Waals surface area (Å²) in [5.74, 6) is -0.00166. The third-order valence-corrected chi connectivity index (χ3v) is 7.23. The number of rotatable bonds is 6. The van der Waals surface area contributed by atoms with Gasteiger partial charge in [-0.05, 0) is 30.8 Å². The van der Waals surface area contributed by atoms with Crippen LogP contribution in [0.2, 0.25) is 4.34 Å². The molecule has 0 saturated heterocycles. The smallest absolute Gasteiger partial charge is 0.284 e. The average Bonchev–Trinajstić information content (AvgIpc) is 3.38. The van der Waals surface area contributed by atoms with Crippen LogP contribution in [0.25, 0.3) is 0 Å². The molecule has 10 heteroatoms. The maximum atomic E-state index is 13.0. The van der Waals surface area contributed by atoms with Crippen molar-refractivity contribution in [2.75, 3.05) is 26.0 Å². The number of carbonyl (C=O) groups is 2. The minimum atomic E-state index is -0.288. The van der Waals surface area contributed by atoms with Gasteiger partial charge >= 0.3 is 0 Å². The van der Waals surface area contributed by atoms with Crippen LogP contribution in [0, 0.1) is 0 Å². The van der Waals surface area contributed by atoms with Gasteiger partial charge in [0.2, 0.25) is 0 Å². The lowest BCUT2D eigenvalue weighted by Crippen LogP contribution is -2.25. The number of methoxy groups -OCH3 is 1. The Labute approximate surface area is 193 Å². The Morgan fingerprint density at radius 1 is 1.23 bits per heavy atom. The summed E-state index contributed by atoms with van der Waals surface area (Å²) in [5.41, 5.74) is 2.24. The first-order valence-corrected chi connectivity index (χ1v) is 11.6. The number of thiazole rings is 1. The van der Waals surface area contributed by atoms with Crippen molar-refractivity contribution in [1.82, 2.24) is 15.2 Å². The molecule has 0 aliphatic carbocycles. The monoisotopic (exact) mass is 476 g/mol. The molecule has 162 valence electrons. The SMILES string of the molecule is COc1cccc(CNC(=O)c2ccc(Cl)s2)c1NC(=O)c1nc2c(s1)CN(C)CC2. The van der Waals surface area contributed by atoms with E-state index < -0.39 is 0 Å². The summed E-state index contributed by atoms with van der Waals surface area (Å²) in [5, 5.41) is 6.23. The van der Waals surface area contributed by atoms with Gasteiger partial charge in [-0.2, -0.15) is 0 Å². The average molecular weight is 477 g/mol. The Balaban J connectivity index is 1.52. The van der Waals surface area contributed by atoms with Crippen molar-refractivity contribution in [2.24, 2.45) is 0 Å². The highest BCUT2D eigenvalue weighted by molar-refractivity contribution is 7.18. The minimum absolute atomic E-state index is 0.223. The largest absolute Gasteiger partial charge is 0.495 e. The molecule has 0 atom stereocenters. The van der Waals surface area contributed by atoms with Crippen molar-refractivity contribution < 1.29 is 14.3 Å². The van der Waals surface area contributed by atoms with Gasteiger partial charge in [0.05, 0.1) is 27.7 Å². The molecule has 0 unspecified atom stereocenters. The number of nitrogens with one attached hydrogen (secondary N) is 2. The van der Waals surface area contributed by atoms with Crippen LogP contribution in [0.3, 0.4) is 0 Å². The molecule has 4 rings (SSSR count). The van der Waals surface area contributed by atoms with Gasteiger partial charge in [0.25, 0.3) is 11.8 Å². The number of amides is 2. The summed E-state index contributed by atoms with van der Waals surface area (Å²) in [6.07, 6.45) is 0.842. The molecule has 3 heterocycles. The lowest BCUT2D eigenvalue weighted by atomic mass is 10.1. The highest BCUT2D eigenvalue weighted by atomic mass is 35.5. The number of thiophene rings is 1. The van der Waals surface area contributed by atoms with Crippen LogP contribution in [0.5, 0.6) is 5.75 Å². The third kappa shape index (κ3) is 4.90. The Morgan fingerprint density at radius 3 is 2.81 bits per heavy atom. The Hall–Kier alpha value is -2.46. The van der Waals surface area contributed by atoms with E-state index in [0.29, 0.717) is 25.7 Å². The Bertz CT molecular complexity index is 1130. The summed E-state index contributed by atoms with van der Waals surface area (Å²) in [6.45, 7) is 1.96. The molecule has 2 aromatic heterocycles. The van der Waals surface area contributed by atoms with Crippen molar-refractivity contribution in [3.63, 3.8) is 0 Å². The fraction of sp³-hybridized carbons (Fsp3) is 0.286. The number of halogens is 1. The van der Waals surface area contributed by atoms with Crippen molar-refractivity contribution in [1.29, 1.82) is 0 Å². The van der Waals surface area contributed by atoms with E-state index in [1.807, 2.05) is 12.1 Å². The van der Waals surface area contributed by atoms with Crippen molar-refractivity contribution in [2.45, 2.75) is 19.5 Å². The van der Waals surface area contributed by atoms with Gasteiger partial charge in [-0.15, -0.1) is 22.7 Å². The van der Waals surface area contributed by atoms with Gasteiger partial charge in [0.15, 0.2) is 5.01 Å². The molecule has 0 fully saturated rings. The van der Waals surface area contributed by atoms with Gasteiger partial charge in [0.1, 0.15) is 5.75 Å². The van der Waals surface area contributed by atoms with Gasteiger partial charge in [0, 0.05) is 30.9 Å². The highest BCUT2D eigenvalue weighted by Gasteiger charge is 2.23. The Kier molecular flexibility index (Phi) is 6.57. The molecule has 31 heavy (non-hydrogen) atoms. The fourth-order valence-electron chi connectivity index (χ4n) is 3.32. The molecule has 7 nitrogen and oxygen atoms in total. The van der Waals surface area contributed by atoms with Crippen LogP contribution >= 0.6 is 34.3 Å². The van der Waals surface area contributed by atoms with E-state index in [0.717, 1.165) is 35.6 Å². The number of aromatic nitrogens is 1. The van der Waals surface area contributed by atoms with Crippen LogP contribution < -0.4 is 15.4 Å². The van der Waals surface area contributed by atoms with E-state index in [2.05, 4.69) is 27.6 Å². The molecule has 1 aliphatic rings. The van der Waals surface area contributed by atoms with E-state index in [4.69, 9.17) is 16.3 Å². The van der Waals surface area contributed by atoms with Crippen LogP contribution in [0.4, 0.5) is 5.69 Å². The molecule has 0 radical (unpaired) electrons. The summed E-state index contributed by atoms with van der Waals surface area (Å²) in [7, 11) is 3.60. The molecule has 0 saturated carbocycles. The first-order chi connectivity index (χ1) is 14.9. The lowest BCUT2D eigenvalue weighted by Gasteiger charge is -2.20. The van der Waals surface area contributed by atoms with E-state index in [9.17, 15) is 9.59 Å². The molecule has 1 aliphatic heterocycles. The van der Waals surface area contributed by atoms with E-state index in [1.165, 1.54) is 22.7 Å². The summed E-state index contributed by atoms with van der Waals surface area (Å²) < 4.78 is 6.00. The number of anilines is 1. The number of para-hydroxylation sites is 1. The number of nitrogens with zero attached hydrogens (tertiary/aromatic N) is 2. The number of likely N-dealkylation sites (N-methyl/N-ethyl adjacent to an activating group) is 1. The molecule has 0 spiro atoms. The number of ether oxygens (including phenoxy) is 1. The first-order valence-electron chi connectivity index (χ1n) is 9.62. The maximum absolute atomic E-state index is 13.0. The zero-order valence-electron chi connectivity index (χ0n) is 17.0. The summed E-state index contributed by atoms with van der Waals surface area (Å²) >= 11 is 8.54. The molecular formula is C21H21ClN4O3S2. The van der Waals surface area contributed by atoms with Gasteiger partial charge in [-0.1, -0.05) is 23.7 Å². The van der Waals surface area contributed by atoms with Gasteiger partial charge in [-0.3, -0.25) is 9.59 Å². The second-order valence-electron chi connectivity index (χ2n) is 7.11. The zero-order chi connectivity index (χ0) is 22.0. The second-order valence-corrected chi connectivity index (χ2v) is 9.91. The van der Waals surface area contributed by atoms with Crippen LogP contribution in [0.1, 0.15) is 35.6 Å². The van der Waals surface area contributed by atoms with Crippen LogP contribution in [0.15, 0.2) is 30.3 Å². The van der Waals surface area contributed by atoms with E-state index >= 15 is 0 Å². The molecular weight excluding hydrogens is 456 g/mol. The van der Waals surface area contributed by atoms with E-state index in [1.54, 1.807) is 25.3 Å². The second kappa shape index (κ2) is 9.35. The quantitative estimate of drug-likeness (QED) is 0.561. The molecule has 2 N–H and O–H groups in total. The number of hydrogen-bond donors (Lipinski definition) is 2. The van der Waals surface area contributed by atoms with Crippen LogP contribution in [-0.4, -0.2) is 42.4 Å². The summed E-state index contributed by atoms with van der Waals surface area (Å²) in [6, 6.07) is 8.78. The summed E-state index contributed by atoms with van der Waals surface area (Å²) in [4.78, 5) is 33.8. The topological polar surface area (TPSA) is 83.6 Å². The number of hydrogen-bond acceptors (Lipinski definition) is 7. The van der Waals surface area contributed by atoms with Gasteiger partial charge in [-0.25, -0.2) is 4.98 Å². The lowest BCUT2D eigenvalue weighted by molar-refractivity contribution is 0.0954. The van der Waals surface area contributed by atoms with E-state index in [-0.39, 0.29) is 18.4 Å². The molecule has 1 aromatic carbocycles.